The van der Waals surface area contributed by atoms with Gasteiger partial charge in [0.25, 0.3) is 0 Å². The summed E-state index contributed by atoms with van der Waals surface area (Å²) in [5.41, 5.74) is 1.80. The summed E-state index contributed by atoms with van der Waals surface area (Å²) in [6.45, 7) is 0.169. The molecule has 0 fully saturated rings. The number of hydrogen-bond donors (Lipinski definition) is 0. The highest BCUT2D eigenvalue weighted by atomic mass is 35.5. The fourth-order valence-corrected chi connectivity index (χ4v) is 1.40. The fraction of sp³-hybridized carbons (Fsp3) is 0.111. The van der Waals surface area contributed by atoms with Crippen LogP contribution in [0.2, 0.25) is 0 Å². The normalized spacial score (nSPS) is 10.5. The van der Waals surface area contributed by atoms with Crippen molar-refractivity contribution in [2.75, 3.05) is 0 Å². The third-order valence-electron chi connectivity index (χ3n) is 1.82. The summed E-state index contributed by atoms with van der Waals surface area (Å²) in [6.07, 6.45) is 1.62. The molecule has 1 aromatic heterocycles. The van der Waals surface area contributed by atoms with Crippen molar-refractivity contribution >= 4 is 27.9 Å². The second kappa shape index (κ2) is 3.18. The van der Waals surface area contributed by atoms with E-state index in [2.05, 4.69) is 4.98 Å². The van der Waals surface area contributed by atoms with E-state index < -0.39 is 0 Å². The Labute approximate surface area is 79.9 Å². The Morgan fingerprint density at radius 2 is 2.23 bits per heavy atom. The van der Waals surface area contributed by atoms with Crippen LogP contribution in [0.3, 0.4) is 0 Å². The molecule has 1 aromatic carbocycles. The van der Waals surface area contributed by atoms with Gasteiger partial charge >= 0.3 is 0 Å². The van der Waals surface area contributed by atoms with E-state index in [4.69, 9.17) is 11.6 Å². The molecule has 0 atom stereocenters. The molecular weight excluding hydrogens is 188 g/mol. The monoisotopic (exact) mass is 194 g/mol. The molecule has 3 nitrogen and oxygen atoms in total. The number of halogens is 1. The Hall–Kier alpha value is -1.35. The minimum absolute atomic E-state index is 0.169. The lowest BCUT2D eigenvalue weighted by molar-refractivity contribution is -0.112. The number of benzene rings is 1. The lowest BCUT2D eigenvalue weighted by atomic mass is 10.3. The van der Waals surface area contributed by atoms with E-state index in [1.165, 1.54) is 0 Å². The van der Waals surface area contributed by atoms with Crippen LogP contribution in [-0.4, -0.2) is 14.8 Å². The molecule has 0 radical (unpaired) electrons. The number of para-hydroxylation sites is 2. The van der Waals surface area contributed by atoms with Gasteiger partial charge in [0, 0.05) is 0 Å². The summed E-state index contributed by atoms with van der Waals surface area (Å²) in [6, 6.07) is 7.61. The molecular formula is C9H7ClN2O. The second-order valence-electron chi connectivity index (χ2n) is 2.72. The summed E-state index contributed by atoms with van der Waals surface area (Å²) < 4.78 is 1.73. The van der Waals surface area contributed by atoms with E-state index in [0.29, 0.717) is 0 Å². The molecule has 1 heterocycles. The van der Waals surface area contributed by atoms with Crippen molar-refractivity contribution in [3.05, 3.63) is 30.6 Å². The number of carbonyl (C=O) groups excluding carboxylic acids is 1. The number of aromatic nitrogens is 2. The van der Waals surface area contributed by atoms with Gasteiger partial charge in [-0.25, -0.2) is 4.98 Å². The van der Waals surface area contributed by atoms with Gasteiger partial charge in [-0.2, -0.15) is 0 Å². The minimum Gasteiger partial charge on any atom is -0.322 e. The largest absolute Gasteiger partial charge is 0.322 e. The van der Waals surface area contributed by atoms with E-state index >= 15 is 0 Å². The van der Waals surface area contributed by atoms with Gasteiger partial charge in [0.1, 0.15) is 0 Å². The molecule has 4 heteroatoms. The van der Waals surface area contributed by atoms with Gasteiger partial charge in [0.05, 0.1) is 23.9 Å². The third-order valence-corrected chi connectivity index (χ3v) is 1.94. The molecule has 0 saturated heterocycles. The van der Waals surface area contributed by atoms with Crippen LogP contribution in [0.5, 0.6) is 0 Å². The van der Waals surface area contributed by atoms with Gasteiger partial charge < -0.3 is 4.57 Å². The zero-order valence-corrected chi connectivity index (χ0v) is 7.53. The number of nitrogens with zero attached hydrogens (tertiary/aromatic N) is 2. The van der Waals surface area contributed by atoms with Crippen LogP contribution in [-0.2, 0) is 11.3 Å². The lowest BCUT2D eigenvalue weighted by Gasteiger charge is -1.97. The van der Waals surface area contributed by atoms with Crippen molar-refractivity contribution in [3.63, 3.8) is 0 Å². The zero-order valence-electron chi connectivity index (χ0n) is 6.77. The first kappa shape index (κ1) is 8.26. The molecule has 0 aliphatic carbocycles. The maximum absolute atomic E-state index is 10.7. The molecule has 0 N–H and O–H groups in total. The average molecular weight is 195 g/mol. The molecule has 0 saturated carbocycles. The molecule has 66 valence electrons. The van der Waals surface area contributed by atoms with Crippen LogP contribution in [0.1, 0.15) is 0 Å². The predicted octanol–water partition coefficient (Wildman–Crippen LogP) is 1.80. The summed E-state index contributed by atoms with van der Waals surface area (Å²) in [4.78, 5) is 14.8. The summed E-state index contributed by atoms with van der Waals surface area (Å²) >= 11 is 5.28. The maximum atomic E-state index is 10.7. The summed E-state index contributed by atoms with van der Waals surface area (Å²) in [5.74, 6) is 0. The van der Waals surface area contributed by atoms with Crippen LogP contribution in [0.4, 0.5) is 0 Å². The highest BCUT2D eigenvalue weighted by Crippen LogP contribution is 2.11. The van der Waals surface area contributed by atoms with Gasteiger partial charge in [0.2, 0.25) is 5.24 Å². The van der Waals surface area contributed by atoms with Gasteiger partial charge in [-0.3, -0.25) is 4.79 Å². The van der Waals surface area contributed by atoms with E-state index in [1.54, 1.807) is 10.9 Å². The predicted molar refractivity (Wildman–Crippen MR) is 50.6 cm³/mol. The van der Waals surface area contributed by atoms with E-state index in [-0.39, 0.29) is 11.8 Å². The van der Waals surface area contributed by atoms with E-state index in [1.807, 2.05) is 24.3 Å². The SMILES string of the molecule is O=C(Cl)Cn1cnc2ccccc21. The van der Waals surface area contributed by atoms with Gasteiger partial charge in [-0.15, -0.1) is 0 Å². The van der Waals surface area contributed by atoms with Gasteiger partial charge in [-0.05, 0) is 23.7 Å². The minimum atomic E-state index is -0.386. The van der Waals surface area contributed by atoms with Crippen LogP contribution >= 0.6 is 11.6 Å². The highest BCUT2D eigenvalue weighted by Gasteiger charge is 2.03. The van der Waals surface area contributed by atoms with E-state index in [9.17, 15) is 4.79 Å². The molecule has 0 spiro atoms. The quantitative estimate of drug-likeness (QED) is 0.684. The first-order valence-electron chi connectivity index (χ1n) is 3.85. The van der Waals surface area contributed by atoms with Crippen molar-refractivity contribution in [2.24, 2.45) is 0 Å². The Kier molecular flexibility index (Phi) is 2.02. The van der Waals surface area contributed by atoms with Crippen LogP contribution in [0.15, 0.2) is 30.6 Å². The third kappa shape index (κ3) is 1.55. The topological polar surface area (TPSA) is 34.9 Å². The molecule has 0 aliphatic rings. The number of rotatable bonds is 2. The van der Waals surface area contributed by atoms with Crippen molar-refractivity contribution in [1.29, 1.82) is 0 Å². The van der Waals surface area contributed by atoms with Crippen molar-refractivity contribution < 1.29 is 4.79 Å². The van der Waals surface area contributed by atoms with Crippen molar-refractivity contribution in [2.45, 2.75) is 6.54 Å². The number of carbonyl (C=O) groups is 1. The Bertz CT molecular complexity index is 450. The Morgan fingerprint density at radius 3 is 3.00 bits per heavy atom. The molecule has 13 heavy (non-hydrogen) atoms. The number of hydrogen-bond acceptors (Lipinski definition) is 2. The summed E-state index contributed by atoms with van der Waals surface area (Å²) in [7, 11) is 0. The highest BCUT2D eigenvalue weighted by molar-refractivity contribution is 6.63. The van der Waals surface area contributed by atoms with Crippen molar-refractivity contribution in [3.8, 4) is 0 Å². The molecule has 0 aliphatic heterocycles. The first-order chi connectivity index (χ1) is 6.27. The maximum Gasteiger partial charge on any atom is 0.241 e. The van der Waals surface area contributed by atoms with Crippen LogP contribution in [0, 0.1) is 0 Å². The molecule has 2 aromatic rings. The average Bonchev–Trinajstić information content (AvgIpc) is 2.48. The fourth-order valence-electron chi connectivity index (χ4n) is 1.27. The van der Waals surface area contributed by atoms with Gasteiger partial charge in [0.15, 0.2) is 0 Å². The Balaban J connectivity index is 2.51. The van der Waals surface area contributed by atoms with Crippen LogP contribution in [0.25, 0.3) is 11.0 Å². The van der Waals surface area contributed by atoms with Crippen LogP contribution < -0.4 is 0 Å². The molecule has 0 unspecified atom stereocenters. The lowest BCUT2D eigenvalue weighted by Crippen LogP contribution is -2.02. The Morgan fingerprint density at radius 1 is 1.46 bits per heavy atom. The second-order valence-corrected chi connectivity index (χ2v) is 3.14. The standard InChI is InChI=1S/C9H7ClN2O/c10-9(13)5-12-6-11-7-3-1-2-4-8(7)12/h1-4,6H,5H2. The van der Waals surface area contributed by atoms with E-state index in [0.717, 1.165) is 11.0 Å². The number of fused-ring (bicyclic) bond motifs is 1. The number of imidazole rings is 1. The smallest absolute Gasteiger partial charge is 0.241 e. The van der Waals surface area contributed by atoms with Gasteiger partial charge in [-0.1, -0.05) is 12.1 Å². The van der Waals surface area contributed by atoms with Crippen molar-refractivity contribution in [1.82, 2.24) is 9.55 Å². The zero-order chi connectivity index (χ0) is 9.26. The molecule has 2 rings (SSSR count). The molecule has 0 bridgehead atoms. The molecule has 0 amide bonds. The summed E-state index contributed by atoms with van der Waals surface area (Å²) in [5, 5.41) is -0.386. The first-order valence-corrected chi connectivity index (χ1v) is 4.23.